The molecule has 0 bridgehead atoms. The molecule has 1 amide bonds. The lowest BCUT2D eigenvalue weighted by atomic mass is 10.00. The molecule has 3 rings (SSSR count). The summed E-state index contributed by atoms with van der Waals surface area (Å²) in [5, 5.41) is 10.0. The number of hydrogen-bond donors (Lipinski definition) is 1. The number of phenolic OH excluding ortho intramolecular Hbond substituents is 1. The van der Waals surface area contributed by atoms with Crippen molar-refractivity contribution in [3.8, 4) is 5.75 Å². The third-order valence-electron chi connectivity index (χ3n) is 3.74. The fourth-order valence-electron chi connectivity index (χ4n) is 2.53. The third kappa shape index (κ3) is 3.17. The maximum Gasteiger partial charge on any atom is 0.410 e. The van der Waals surface area contributed by atoms with E-state index in [-0.39, 0.29) is 18.4 Å². The van der Waals surface area contributed by atoms with E-state index in [4.69, 9.17) is 16.3 Å². The second kappa shape index (κ2) is 6.28. The van der Waals surface area contributed by atoms with Crippen molar-refractivity contribution in [1.29, 1.82) is 0 Å². The number of rotatable bonds is 2. The van der Waals surface area contributed by atoms with Gasteiger partial charge in [0, 0.05) is 13.1 Å². The number of hydrogen-bond acceptors (Lipinski definition) is 3. The molecule has 0 saturated carbocycles. The fourth-order valence-corrected chi connectivity index (χ4v) is 2.72. The van der Waals surface area contributed by atoms with Crippen LogP contribution in [0.4, 0.5) is 4.79 Å². The Morgan fingerprint density at radius 1 is 1.23 bits per heavy atom. The summed E-state index contributed by atoms with van der Waals surface area (Å²) in [6.07, 6.45) is 0.361. The summed E-state index contributed by atoms with van der Waals surface area (Å²) in [6, 6.07) is 13.0. The molecule has 0 spiro atoms. The van der Waals surface area contributed by atoms with Crippen LogP contribution in [-0.4, -0.2) is 22.6 Å². The molecule has 0 aliphatic carbocycles. The van der Waals surface area contributed by atoms with Crippen LogP contribution < -0.4 is 0 Å². The SMILES string of the molecule is O=C(OCc1ccccc1)N1CCc2cc(Cl)c(O)cc2C1. The minimum absolute atomic E-state index is 0.0416. The number of halogens is 1. The Balaban J connectivity index is 1.64. The first kappa shape index (κ1) is 14.7. The van der Waals surface area contributed by atoms with Gasteiger partial charge in [0.1, 0.15) is 12.4 Å². The van der Waals surface area contributed by atoms with Crippen molar-refractivity contribution in [3.63, 3.8) is 0 Å². The number of carbonyl (C=O) groups excluding carboxylic acids is 1. The average molecular weight is 318 g/mol. The molecule has 0 unspecified atom stereocenters. The Morgan fingerprint density at radius 3 is 2.77 bits per heavy atom. The van der Waals surface area contributed by atoms with E-state index in [1.54, 1.807) is 17.0 Å². The highest BCUT2D eigenvalue weighted by Crippen LogP contribution is 2.30. The minimum atomic E-state index is -0.344. The zero-order chi connectivity index (χ0) is 15.5. The third-order valence-corrected chi connectivity index (χ3v) is 4.05. The lowest BCUT2D eigenvalue weighted by Gasteiger charge is -2.28. The summed E-state index contributed by atoms with van der Waals surface area (Å²) >= 11 is 5.91. The van der Waals surface area contributed by atoms with Crippen LogP contribution in [0, 0.1) is 0 Å². The van der Waals surface area contributed by atoms with Crippen LogP contribution in [0.3, 0.4) is 0 Å². The van der Waals surface area contributed by atoms with Crippen LogP contribution in [0.5, 0.6) is 5.75 Å². The van der Waals surface area contributed by atoms with Crippen molar-refractivity contribution in [2.24, 2.45) is 0 Å². The zero-order valence-electron chi connectivity index (χ0n) is 12.0. The predicted molar refractivity (Wildman–Crippen MR) is 83.9 cm³/mol. The van der Waals surface area contributed by atoms with Crippen LogP contribution in [0.2, 0.25) is 5.02 Å². The summed E-state index contributed by atoms with van der Waals surface area (Å²) < 4.78 is 5.33. The van der Waals surface area contributed by atoms with Gasteiger partial charge in [-0.2, -0.15) is 0 Å². The Bertz CT molecular complexity index is 688. The number of benzene rings is 2. The Hall–Kier alpha value is -2.20. The van der Waals surface area contributed by atoms with E-state index in [9.17, 15) is 9.90 Å². The molecule has 1 N–H and O–H groups in total. The first-order valence-electron chi connectivity index (χ1n) is 7.09. The van der Waals surface area contributed by atoms with E-state index in [0.29, 0.717) is 24.5 Å². The van der Waals surface area contributed by atoms with E-state index < -0.39 is 0 Å². The van der Waals surface area contributed by atoms with Crippen LogP contribution in [-0.2, 0) is 24.3 Å². The van der Waals surface area contributed by atoms with Gasteiger partial charge in [0.2, 0.25) is 0 Å². The molecular weight excluding hydrogens is 302 g/mol. The van der Waals surface area contributed by atoms with E-state index in [2.05, 4.69) is 0 Å². The average Bonchev–Trinajstić information content (AvgIpc) is 2.54. The number of phenols is 1. The van der Waals surface area contributed by atoms with Crippen molar-refractivity contribution in [3.05, 3.63) is 64.2 Å². The van der Waals surface area contributed by atoms with Crippen LogP contribution in [0.15, 0.2) is 42.5 Å². The van der Waals surface area contributed by atoms with Crippen LogP contribution in [0.25, 0.3) is 0 Å². The Morgan fingerprint density at radius 2 is 2.00 bits per heavy atom. The van der Waals surface area contributed by atoms with Gasteiger partial charge in [-0.15, -0.1) is 0 Å². The second-order valence-corrected chi connectivity index (χ2v) is 5.69. The van der Waals surface area contributed by atoms with Crippen LogP contribution >= 0.6 is 11.6 Å². The number of fused-ring (bicyclic) bond motifs is 1. The van der Waals surface area contributed by atoms with Gasteiger partial charge in [-0.1, -0.05) is 41.9 Å². The van der Waals surface area contributed by atoms with Gasteiger partial charge in [0.15, 0.2) is 0 Å². The molecule has 0 radical (unpaired) electrons. The molecule has 22 heavy (non-hydrogen) atoms. The highest BCUT2D eigenvalue weighted by Gasteiger charge is 2.23. The van der Waals surface area contributed by atoms with Gasteiger partial charge in [0.25, 0.3) is 0 Å². The fraction of sp³-hybridized carbons (Fsp3) is 0.235. The van der Waals surface area contributed by atoms with Crippen molar-refractivity contribution in [2.75, 3.05) is 6.54 Å². The second-order valence-electron chi connectivity index (χ2n) is 5.28. The monoisotopic (exact) mass is 317 g/mol. The highest BCUT2D eigenvalue weighted by molar-refractivity contribution is 6.32. The van der Waals surface area contributed by atoms with Crippen molar-refractivity contribution in [2.45, 2.75) is 19.6 Å². The molecule has 1 heterocycles. The summed E-state index contributed by atoms with van der Waals surface area (Å²) in [7, 11) is 0. The molecule has 2 aromatic rings. The van der Waals surface area contributed by atoms with Gasteiger partial charge in [-0.3, -0.25) is 0 Å². The minimum Gasteiger partial charge on any atom is -0.506 e. The van der Waals surface area contributed by atoms with Crippen molar-refractivity contribution >= 4 is 17.7 Å². The first-order valence-corrected chi connectivity index (χ1v) is 7.47. The van der Waals surface area contributed by atoms with Gasteiger partial charge in [-0.25, -0.2) is 4.79 Å². The van der Waals surface area contributed by atoms with Crippen molar-refractivity contribution < 1.29 is 14.6 Å². The number of ether oxygens (including phenoxy) is 1. The van der Waals surface area contributed by atoms with Gasteiger partial charge in [0.05, 0.1) is 5.02 Å². The maximum absolute atomic E-state index is 12.1. The molecule has 5 heteroatoms. The van der Waals surface area contributed by atoms with Crippen molar-refractivity contribution in [1.82, 2.24) is 4.90 Å². The van der Waals surface area contributed by atoms with Gasteiger partial charge < -0.3 is 14.7 Å². The van der Waals surface area contributed by atoms with Gasteiger partial charge in [-0.05, 0) is 35.2 Å². The number of aromatic hydroxyl groups is 1. The maximum atomic E-state index is 12.1. The predicted octanol–water partition coefficient (Wildman–Crippen LogP) is 3.74. The Labute approximate surface area is 133 Å². The van der Waals surface area contributed by atoms with Gasteiger partial charge >= 0.3 is 6.09 Å². The van der Waals surface area contributed by atoms with Crippen LogP contribution in [0.1, 0.15) is 16.7 Å². The molecule has 0 fully saturated rings. The summed E-state index contributed by atoms with van der Waals surface area (Å²) in [5.41, 5.74) is 2.93. The van der Waals surface area contributed by atoms with E-state index in [0.717, 1.165) is 16.7 Å². The van der Waals surface area contributed by atoms with E-state index >= 15 is 0 Å². The largest absolute Gasteiger partial charge is 0.506 e. The quantitative estimate of drug-likeness (QED) is 0.918. The summed E-state index contributed by atoms with van der Waals surface area (Å²) in [6.45, 7) is 1.27. The molecule has 0 saturated heterocycles. The molecule has 114 valence electrons. The molecule has 0 atom stereocenters. The zero-order valence-corrected chi connectivity index (χ0v) is 12.7. The number of amides is 1. The summed E-state index contributed by atoms with van der Waals surface area (Å²) in [5.74, 6) is 0.0416. The molecule has 4 nitrogen and oxygen atoms in total. The first-order chi connectivity index (χ1) is 10.6. The Kier molecular flexibility index (Phi) is 4.20. The standard InChI is InChI=1S/C17H16ClNO3/c18-15-8-13-6-7-19(10-14(13)9-16(15)20)17(21)22-11-12-4-2-1-3-5-12/h1-5,8-9,20H,6-7,10-11H2. The lowest BCUT2D eigenvalue weighted by Crippen LogP contribution is -2.36. The lowest BCUT2D eigenvalue weighted by molar-refractivity contribution is 0.0918. The topological polar surface area (TPSA) is 49.8 Å². The molecule has 1 aliphatic rings. The smallest absolute Gasteiger partial charge is 0.410 e. The number of nitrogens with zero attached hydrogens (tertiary/aromatic N) is 1. The van der Waals surface area contributed by atoms with E-state index in [1.165, 1.54) is 0 Å². The molecular formula is C17H16ClNO3. The molecule has 1 aliphatic heterocycles. The molecule has 2 aromatic carbocycles. The van der Waals surface area contributed by atoms with E-state index in [1.807, 2.05) is 30.3 Å². The molecule has 0 aromatic heterocycles. The number of carbonyl (C=O) groups is 1. The highest BCUT2D eigenvalue weighted by atomic mass is 35.5. The normalized spacial score (nSPS) is 13.6. The summed E-state index contributed by atoms with van der Waals surface area (Å²) in [4.78, 5) is 13.8.